The maximum absolute atomic E-state index is 6.51. The third-order valence-electron chi connectivity index (χ3n) is 11.7. The van der Waals surface area contributed by atoms with Gasteiger partial charge in [-0.25, -0.2) is 9.97 Å². The zero-order valence-corrected chi connectivity index (χ0v) is 31.6. The maximum atomic E-state index is 6.51. The van der Waals surface area contributed by atoms with Crippen LogP contribution in [0.1, 0.15) is 25.0 Å². The summed E-state index contributed by atoms with van der Waals surface area (Å²) in [5.41, 5.74) is 16.2. The van der Waals surface area contributed by atoms with Gasteiger partial charge in [-0.1, -0.05) is 141 Å². The molecule has 2 heterocycles. The first-order valence-corrected chi connectivity index (χ1v) is 19.5. The van der Waals surface area contributed by atoms with Crippen molar-refractivity contribution in [2.75, 3.05) is 4.90 Å². The van der Waals surface area contributed by atoms with Crippen LogP contribution in [0.2, 0.25) is 0 Å². The van der Waals surface area contributed by atoms with E-state index in [1.165, 1.54) is 33.4 Å². The van der Waals surface area contributed by atoms with Crippen molar-refractivity contribution in [3.63, 3.8) is 0 Å². The van der Waals surface area contributed by atoms with Gasteiger partial charge < -0.3 is 9.32 Å². The molecule has 0 spiro atoms. The predicted octanol–water partition coefficient (Wildman–Crippen LogP) is 14.3. The first-order chi connectivity index (χ1) is 28.0. The standard InChI is InChI=1S/C53H37N3O/c1-53(2)44-20-11-9-18-40(44)50-45(53)21-13-23-47(50)56(38-27-24-35(25-28-38)34-14-5-3-6-15-34)39-29-31-49-43(33-39)42-32-37(26-30-48(42)57-49)52-54-46-22-12-10-19-41(46)51(55-52)36-16-7-4-8-17-36/h3-33H,1-2H3. The number of rotatable bonds is 6. The quantitative estimate of drug-likeness (QED) is 0.171. The lowest BCUT2D eigenvalue weighted by atomic mass is 9.82. The summed E-state index contributed by atoms with van der Waals surface area (Å²) in [5.74, 6) is 0.682. The molecule has 4 heteroatoms. The van der Waals surface area contributed by atoms with E-state index in [1.807, 2.05) is 24.3 Å². The number of furan rings is 1. The summed E-state index contributed by atoms with van der Waals surface area (Å²) < 4.78 is 6.51. The third kappa shape index (κ3) is 5.37. The molecule has 0 amide bonds. The van der Waals surface area contributed by atoms with Gasteiger partial charge in [-0.15, -0.1) is 0 Å². The minimum absolute atomic E-state index is 0.128. The number of nitrogens with zero attached hydrogens (tertiary/aromatic N) is 3. The Kier molecular flexibility index (Phi) is 7.48. The van der Waals surface area contributed by atoms with E-state index in [-0.39, 0.29) is 5.41 Å². The first-order valence-electron chi connectivity index (χ1n) is 19.5. The molecule has 0 fully saturated rings. The van der Waals surface area contributed by atoms with Crippen LogP contribution in [0.4, 0.5) is 17.1 Å². The number of hydrogen-bond acceptors (Lipinski definition) is 4. The monoisotopic (exact) mass is 731 g/mol. The summed E-state index contributed by atoms with van der Waals surface area (Å²) in [6, 6.07) is 66.6. The SMILES string of the molecule is CC1(C)c2ccccc2-c2c(N(c3ccc(-c4ccccc4)cc3)c3ccc4oc5ccc(-c6nc(-c7ccccc7)c7ccccc7n6)cc5c4c3)cccc21. The smallest absolute Gasteiger partial charge is 0.160 e. The van der Waals surface area contributed by atoms with Gasteiger partial charge in [0.05, 0.1) is 16.9 Å². The Hall–Kier alpha value is -7.30. The molecule has 0 unspecified atom stereocenters. The van der Waals surface area contributed by atoms with Gasteiger partial charge in [-0.3, -0.25) is 0 Å². The van der Waals surface area contributed by atoms with Gasteiger partial charge in [-0.2, -0.15) is 0 Å². The molecule has 8 aromatic carbocycles. The Morgan fingerprint density at radius 3 is 1.88 bits per heavy atom. The molecule has 0 radical (unpaired) electrons. The maximum Gasteiger partial charge on any atom is 0.160 e. The van der Waals surface area contributed by atoms with E-state index in [2.05, 4.69) is 183 Å². The Balaban J connectivity index is 1.10. The number of anilines is 3. The van der Waals surface area contributed by atoms with Gasteiger partial charge in [0.15, 0.2) is 5.82 Å². The molecular formula is C53H37N3O. The van der Waals surface area contributed by atoms with Gasteiger partial charge in [0.25, 0.3) is 0 Å². The highest BCUT2D eigenvalue weighted by Gasteiger charge is 2.37. The minimum atomic E-state index is -0.128. The summed E-state index contributed by atoms with van der Waals surface area (Å²) in [7, 11) is 0. The van der Waals surface area contributed by atoms with E-state index < -0.39 is 0 Å². The topological polar surface area (TPSA) is 42.2 Å². The van der Waals surface area contributed by atoms with Crippen molar-refractivity contribution in [3.8, 4) is 44.9 Å². The van der Waals surface area contributed by atoms with Crippen LogP contribution < -0.4 is 4.90 Å². The number of fused-ring (bicyclic) bond motifs is 7. The first kappa shape index (κ1) is 33.1. The second-order valence-corrected chi connectivity index (χ2v) is 15.4. The van der Waals surface area contributed by atoms with Crippen LogP contribution in [0.5, 0.6) is 0 Å². The molecule has 0 aliphatic heterocycles. The third-order valence-corrected chi connectivity index (χ3v) is 11.7. The lowest BCUT2D eigenvalue weighted by Gasteiger charge is -2.29. The van der Waals surface area contributed by atoms with E-state index in [0.29, 0.717) is 5.82 Å². The number of hydrogen-bond donors (Lipinski definition) is 0. The Morgan fingerprint density at radius 1 is 0.456 bits per heavy atom. The summed E-state index contributed by atoms with van der Waals surface area (Å²) >= 11 is 0. The van der Waals surface area contributed by atoms with Gasteiger partial charge in [0.1, 0.15) is 11.2 Å². The van der Waals surface area contributed by atoms with Crippen molar-refractivity contribution in [2.24, 2.45) is 0 Å². The van der Waals surface area contributed by atoms with Gasteiger partial charge in [-0.05, 0) is 88.5 Å². The average Bonchev–Trinajstić information content (AvgIpc) is 3.75. The van der Waals surface area contributed by atoms with Crippen LogP contribution in [0.3, 0.4) is 0 Å². The molecular weight excluding hydrogens is 695 g/mol. The van der Waals surface area contributed by atoms with Crippen molar-refractivity contribution in [2.45, 2.75) is 19.3 Å². The van der Waals surface area contributed by atoms with Crippen LogP contribution in [0, 0.1) is 0 Å². The van der Waals surface area contributed by atoms with Crippen molar-refractivity contribution >= 4 is 49.9 Å². The summed E-state index contributed by atoms with van der Waals surface area (Å²) in [6.45, 7) is 4.67. The van der Waals surface area contributed by atoms with E-state index in [4.69, 9.17) is 14.4 Å². The molecule has 57 heavy (non-hydrogen) atoms. The van der Waals surface area contributed by atoms with Crippen molar-refractivity contribution in [1.29, 1.82) is 0 Å². The molecule has 11 rings (SSSR count). The average molecular weight is 732 g/mol. The van der Waals surface area contributed by atoms with Gasteiger partial charge in [0.2, 0.25) is 0 Å². The van der Waals surface area contributed by atoms with Crippen LogP contribution >= 0.6 is 0 Å². The molecule has 270 valence electrons. The lowest BCUT2D eigenvalue weighted by molar-refractivity contribution is 0.660. The largest absolute Gasteiger partial charge is 0.456 e. The van der Waals surface area contributed by atoms with Crippen molar-refractivity contribution in [3.05, 3.63) is 199 Å². The molecule has 0 bridgehead atoms. The molecule has 0 atom stereocenters. The zero-order valence-electron chi connectivity index (χ0n) is 31.6. The fourth-order valence-electron chi connectivity index (χ4n) is 8.85. The Morgan fingerprint density at radius 2 is 1.07 bits per heavy atom. The second-order valence-electron chi connectivity index (χ2n) is 15.4. The number of aromatic nitrogens is 2. The minimum Gasteiger partial charge on any atom is -0.456 e. The molecule has 4 nitrogen and oxygen atoms in total. The highest BCUT2D eigenvalue weighted by molar-refractivity contribution is 6.08. The number of benzene rings is 8. The molecule has 2 aromatic heterocycles. The molecule has 10 aromatic rings. The fraction of sp³-hybridized carbons (Fsp3) is 0.0566. The van der Waals surface area contributed by atoms with E-state index >= 15 is 0 Å². The van der Waals surface area contributed by atoms with Crippen LogP contribution in [-0.2, 0) is 5.41 Å². The van der Waals surface area contributed by atoms with Crippen molar-refractivity contribution in [1.82, 2.24) is 9.97 Å². The Labute approximate surface area is 331 Å². The van der Waals surface area contributed by atoms with Crippen LogP contribution in [0.25, 0.3) is 77.7 Å². The lowest BCUT2D eigenvalue weighted by Crippen LogP contribution is -2.16. The number of para-hydroxylation sites is 1. The summed E-state index contributed by atoms with van der Waals surface area (Å²) in [6.07, 6.45) is 0. The molecule has 1 aliphatic carbocycles. The second kappa shape index (κ2) is 12.9. The van der Waals surface area contributed by atoms with E-state index in [1.54, 1.807) is 0 Å². The Bertz CT molecular complexity index is 3150. The highest BCUT2D eigenvalue weighted by Crippen LogP contribution is 2.54. The summed E-state index contributed by atoms with van der Waals surface area (Å²) in [5, 5.41) is 3.08. The van der Waals surface area contributed by atoms with Crippen molar-refractivity contribution < 1.29 is 4.42 Å². The normalized spacial score (nSPS) is 12.9. The van der Waals surface area contributed by atoms with Crippen LogP contribution in [0.15, 0.2) is 192 Å². The molecule has 0 N–H and O–H groups in total. The predicted molar refractivity (Wildman–Crippen MR) is 235 cm³/mol. The summed E-state index contributed by atoms with van der Waals surface area (Å²) in [4.78, 5) is 12.7. The van der Waals surface area contributed by atoms with E-state index in [0.717, 1.165) is 66.7 Å². The zero-order chi connectivity index (χ0) is 38.1. The van der Waals surface area contributed by atoms with Crippen LogP contribution in [-0.4, -0.2) is 9.97 Å². The van der Waals surface area contributed by atoms with Gasteiger partial charge >= 0.3 is 0 Å². The van der Waals surface area contributed by atoms with E-state index in [9.17, 15) is 0 Å². The van der Waals surface area contributed by atoms with Gasteiger partial charge in [0, 0.05) is 49.6 Å². The fourth-order valence-corrected chi connectivity index (χ4v) is 8.85. The highest BCUT2D eigenvalue weighted by atomic mass is 16.3. The molecule has 1 aliphatic rings. The molecule has 0 saturated heterocycles. The molecule has 0 saturated carbocycles.